The number of carboxylic acid groups (broad SMARTS) is 1. The van der Waals surface area contributed by atoms with Gasteiger partial charge in [0.1, 0.15) is 11.6 Å². The summed E-state index contributed by atoms with van der Waals surface area (Å²) in [5.41, 5.74) is 0.0658. The van der Waals surface area contributed by atoms with Gasteiger partial charge in [0.2, 0.25) is 0 Å². The Morgan fingerprint density at radius 3 is 2.44 bits per heavy atom. The van der Waals surface area contributed by atoms with Gasteiger partial charge in [0.15, 0.2) is 14.6 Å². The average Bonchev–Trinajstić information content (AvgIpc) is 2.59. The molecular weight excluding hydrogens is 377 g/mol. The van der Waals surface area contributed by atoms with Crippen molar-refractivity contribution in [2.75, 3.05) is 13.4 Å². The smallest absolute Gasteiger partial charge is 0.324 e. The van der Waals surface area contributed by atoms with Crippen LogP contribution in [0.25, 0.3) is 11.1 Å². The summed E-state index contributed by atoms with van der Waals surface area (Å²) in [6.45, 7) is 0.997. The Kier molecular flexibility index (Phi) is 5.74. The van der Waals surface area contributed by atoms with Crippen LogP contribution in [0.4, 0.5) is 4.39 Å². The van der Waals surface area contributed by atoms with E-state index in [9.17, 15) is 27.5 Å². The molecule has 1 aromatic carbocycles. The first-order chi connectivity index (χ1) is 12.5. The van der Waals surface area contributed by atoms with E-state index >= 15 is 0 Å². The van der Waals surface area contributed by atoms with Crippen LogP contribution in [0.2, 0.25) is 0 Å². The van der Waals surface area contributed by atoms with Gasteiger partial charge < -0.3 is 14.4 Å². The second kappa shape index (κ2) is 7.51. The fourth-order valence-electron chi connectivity index (χ4n) is 2.50. The molecule has 2 rings (SSSR count). The normalized spacial score (nSPS) is 13.8. The predicted molar refractivity (Wildman–Crippen MR) is 98.1 cm³/mol. The van der Waals surface area contributed by atoms with Crippen molar-refractivity contribution >= 4 is 15.8 Å². The third kappa shape index (κ3) is 4.19. The molecule has 0 saturated heterocycles. The number of benzene rings is 1. The Balaban J connectivity index is 2.30. The Hall–Kier alpha value is -2.68. The summed E-state index contributed by atoms with van der Waals surface area (Å²) in [6.07, 6.45) is 1.95. The number of carbonyl (C=O) groups is 1. The van der Waals surface area contributed by atoms with Gasteiger partial charge in [0.25, 0.3) is 5.56 Å². The summed E-state index contributed by atoms with van der Waals surface area (Å²) in [4.78, 5) is 23.7. The predicted octanol–water partition coefficient (Wildman–Crippen LogP) is 1.94. The zero-order chi connectivity index (χ0) is 20.4. The van der Waals surface area contributed by atoms with Crippen LogP contribution in [0.3, 0.4) is 0 Å². The fraction of sp³-hybridized carbons (Fsp3) is 0.333. The van der Waals surface area contributed by atoms with Crippen LogP contribution < -0.4 is 10.3 Å². The van der Waals surface area contributed by atoms with Gasteiger partial charge in [-0.1, -0.05) is 0 Å². The number of nitrogens with zero attached hydrogens (tertiary/aromatic N) is 1. The second-order valence-electron chi connectivity index (χ2n) is 6.35. The van der Waals surface area contributed by atoms with Gasteiger partial charge in [0, 0.05) is 36.7 Å². The number of aromatic nitrogens is 1. The van der Waals surface area contributed by atoms with Crippen LogP contribution in [0, 0.1) is 5.82 Å². The first kappa shape index (κ1) is 20.6. The number of rotatable bonds is 7. The first-order valence-electron chi connectivity index (χ1n) is 7.97. The molecule has 0 aliphatic rings. The minimum absolute atomic E-state index is 0.111. The molecule has 2 aromatic rings. The van der Waals surface area contributed by atoms with E-state index in [1.807, 2.05) is 0 Å². The number of ether oxygens (including phenoxy) is 1. The van der Waals surface area contributed by atoms with E-state index < -0.39 is 31.9 Å². The van der Waals surface area contributed by atoms with Gasteiger partial charge >= 0.3 is 5.97 Å². The number of aryl methyl sites for hydroxylation is 1. The molecule has 146 valence electrons. The van der Waals surface area contributed by atoms with Gasteiger partial charge in [0.05, 0.1) is 7.11 Å². The average molecular weight is 397 g/mol. The number of aliphatic carboxylic acids is 1. The van der Waals surface area contributed by atoms with Crippen molar-refractivity contribution < 1.29 is 27.4 Å². The summed E-state index contributed by atoms with van der Waals surface area (Å²) in [5, 5.41) is 9.26. The van der Waals surface area contributed by atoms with E-state index in [4.69, 9.17) is 4.74 Å². The molecule has 0 fully saturated rings. The van der Waals surface area contributed by atoms with E-state index in [0.29, 0.717) is 11.3 Å². The maximum Gasteiger partial charge on any atom is 0.324 e. The molecule has 1 atom stereocenters. The van der Waals surface area contributed by atoms with Crippen molar-refractivity contribution in [1.82, 2.24) is 4.57 Å². The number of carboxylic acids is 1. The minimum atomic E-state index is -3.89. The molecule has 0 radical (unpaired) electrons. The maximum atomic E-state index is 14.2. The Labute approximate surface area is 155 Å². The molecular formula is C18H20FNO6S. The van der Waals surface area contributed by atoms with E-state index in [2.05, 4.69) is 0 Å². The molecule has 1 N–H and O–H groups in total. The molecule has 1 heterocycles. The highest BCUT2D eigenvalue weighted by molar-refractivity contribution is 7.92. The maximum absolute atomic E-state index is 14.2. The molecule has 0 spiro atoms. The molecule has 0 amide bonds. The number of sulfone groups is 1. The first-order valence-corrected chi connectivity index (χ1v) is 9.86. The Morgan fingerprint density at radius 1 is 1.30 bits per heavy atom. The number of hydrogen-bond acceptors (Lipinski definition) is 5. The standard InChI is InChI=1S/C18H20FNO6S/c1-18(17(22)23,27(3,24)25)7-9-20-8-6-12(10-16(20)21)14-5-4-13(26-2)11-15(14)19/h4-6,8,10-11H,7,9H2,1-3H3,(H,22,23). The minimum Gasteiger partial charge on any atom is -0.497 e. The zero-order valence-electron chi connectivity index (χ0n) is 15.1. The van der Waals surface area contributed by atoms with E-state index in [1.54, 1.807) is 6.07 Å². The monoisotopic (exact) mass is 397 g/mol. The lowest BCUT2D eigenvalue weighted by Crippen LogP contribution is -2.44. The highest BCUT2D eigenvalue weighted by atomic mass is 32.2. The van der Waals surface area contributed by atoms with Crippen LogP contribution in [-0.2, 0) is 21.2 Å². The summed E-state index contributed by atoms with van der Waals surface area (Å²) < 4.78 is 41.9. The molecule has 1 unspecified atom stereocenters. The van der Waals surface area contributed by atoms with Crippen LogP contribution in [-0.4, -0.2) is 42.2 Å². The summed E-state index contributed by atoms with van der Waals surface area (Å²) in [7, 11) is -2.47. The molecule has 0 bridgehead atoms. The van der Waals surface area contributed by atoms with Gasteiger partial charge in [-0.15, -0.1) is 0 Å². The number of hydrogen-bond donors (Lipinski definition) is 1. The SMILES string of the molecule is COc1ccc(-c2ccn(CCC(C)(C(=O)O)S(C)(=O)=O)c(=O)c2)c(F)c1. The zero-order valence-corrected chi connectivity index (χ0v) is 15.9. The van der Waals surface area contributed by atoms with E-state index in [-0.39, 0.29) is 18.5 Å². The quantitative estimate of drug-likeness (QED) is 0.766. The lowest BCUT2D eigenvalue weighted by atomic mass is 10.1. The molecule has 1 aromatic heterocycles. The molecule has 7 nitrogen and oxygen atoms in total. The fourth-order valence-corrected chi connectivity index (χ4v) is 3.28. The van der Waals surface area contributed by atoms with Crippen molar-refractivity contribution in [2.24, 2.45) is 0 Å². The number of methoxy groups -OCH3 is 1. The molecule has 0 aliphatic heterocycles. The van der Waals surface area contributed by atoms with Crippen molar-refractivity contribution in [1.29, 1.82) is 0 Å². The van der Waals surface area contributed by atoms with Crippen LogP contribution >= 0.6 is 0 Å². The Morgan fingerprint density at radius 2 is 1.96 bits per heavy atom. The van der Waals surface area contributed by atoms with Crippen molar-refractivity contribution in [3.8, 4) is 16.9 Å². The van der Waals surface area contributed by atoms with Crippen LogP contribution in [0.15, 0.2) is 41.3 Å². The molecule has 0 saturated carbocycles. The van der Waals surface area contributed by atoms with Gasteiger partial charge in [-0.3, -0.25) is 9.59 Å². The molecule has 0 aliphatic carbocycles. The largest absolute Gasteiger partial charge is 0.497 e. The van der Waals surface area contributed by atoms with Crippen LogP contribution in [0.1, 0.15) is 13.3 Å². The summed E-state index contributed by atoms with van der Waals surface area (Å²) >= 11 is 0. The lowest BCUT2D eigenvalue weighted by Gasteiger charge is -2.23. The highest BCUT2D eigenvalue weighted by Gasteiger charge is 2.43. The second-order valence-corrected chi connectivity index (χ2v) is 8.80. The van der Waals surface area contributed by atoms with Crippen LogP contribution in [0.5, 0.6) is 5.75 Å². The highest BCUT2D eigenvalue weighted by Crippen LogP contribution is 2.26. The van der Waals surface area contributed by atoms with Gasteiger partial charge in [-0.25, -0.2) is 12.8 Å². The van der Waals surface area contributed by atoms with Crippen molar-refractivity contribution in [2.45, 2.75) is 24.6 Å². The molecule has 27 heavy (non-hydrogen) atoms. The summed E-state index contributed by atoms with van der Waals surface area (Å²) in [5.74, 6) is -1.68. The number of pyridine rings is 1. The third-order valence-corrected chi connectivity index (χ3v) is 6.60. The lowest BCUT2D eigenvalue weighted by molar-refractivity contribution is -0.139. The topological polar surface area (TPSA) is 103 Å². The Bertz CT molecular complexity index is 1030. The van der Waals surface area contributed by atoms with Crippen molar-refractivity contribution in [3.05, 3.63) is 52.7 Å². The third-order valence-electron chi connectivity index (χ3n) is 4.58. The van der Waals surface area contributed by atoms with Gasteiger partial charge in [-0.2, -0.15) is 0 Å². The summed E-state index contributed by atoms with van der Waals surface area (Å²) in [6, 6.07) is 6.96. The van der Waals surface area contributed by atoms with E-state index in [0.717, 1.165) is 13.2 Å². The van der Waals surface area contributed by atoms with Gasteiger partial charge in [-0.05, 0) is 37.1 Å². The number of halogens is 1. The van der Waals surface area contributed by atoms with E-state index in [1.165, 1.54) is 42.1 Å². The molecule has 9 heteroatoms. The van der Waals surface area contributed by atoms with Crippen molar-refractivity contribution in [3.63, 3.8) is 0 Å².